The fourth-order valence-electron chi connectivity index (χ4n) is 0. The van der Waals surface area contributed by atoms with E-state index >= 15 is 0 Å². The van der Waals surface area contributed by atoms with Gasteiger partial charge in [0.15, 0.2) is 0 Å². The number of hydrogen-bond acceptors (Lipinski definition) is 0. The molecule has 0 rings (SSSR count). The van der Waals surface area contributed by atoms with Crippen LogP contribution in [0.25, 0.3) is 0 Å². The molecule has 4 heteroatoms. The Morgan fingerprint density at radius 3 is 1.00 bits per heavy atom. The van der Waals surface area contributed by atoms with Gasteiger partial charge in [-0.15, -0.1) is 0 Å². The van der Waals surface area contributed by atoms with Crippen LogP contribution in [0.2, 0.25) is 0 Å². The van der Waals surface area contributed by atoms with Crippen LogP contribution in [-0.4, -0.2) is 8.41 Å². The fourth-order valence-corrected chi connectivity index (χ4v) is 0. The Morgan fingerprint density at radius 2 is 1.00 bits per heavy atom. The Kier molecular flexibility index (Phi) is 255. The zero-order chi connectivity index (χ0) is 0. The first-order valence-corrected chi connectivity index (χ1v) is 0. The van der Waals surface area contributed by atoms with Crippen LogP contribution < -0.4 is 0 Å². The van der Waals surface area contributed by atoms with Crippen molar-refractivity contribution in [1.29, 1.82) is 0 Å². The van der Waals surface area contributed by atoms with Gasteiger partial charge in [0.05, 0.1) is 0 Å². The molecule has 0 heterocycles. The summed E-state index contributed by atoms with van der Waals surface area (Å²) < 4.78 is 0. The van der Waals surface area contributed by atoms with Gasteiger partial charge in [-0.3, -0.25) is 0 Å². The maximum atomic E-state index is 0. The van der Waals surface area contributed by atoms with Gasteiger partial charge in [0.1, 0.15) is 0 Å². The molecule has 0 aromatic rings. The van der Waals surface area contributed by atoms with E-state index in [4.69, 9.17) is 0 Å². The van der Waals surface area contributed by atoms with Crippen LogP contribution >= 0.6 is 9.90 Å². The number of hydrogen-bond donors (Lipinski definition) is 0. The van der Waals surface area contributed by atoms with Crippen molar-refractivity contribution in [3.63, 3.8) is 0 Å². The Hall–Kier alpha value is 1.65. The monoisotopic (exact) mass is 287 g/mol. The maximum Gasteiger partial charge on any atom is 0 e. The average Bonchev–Trinajstić information content (AvgIpc) is 0. The molecular formula is BNiPRe. The molecule has 0 fully saturated rings. The zero-order valence-electron chi connectivity index (χ0n) is 1.72. The molecule has 0 nitrogen and oxygen atoms in total. The predicted octanol–water partition coefficient (Wildman–Crippen LogP) is 0.475. The van der Waals surface area contributed by atoms with Crippen molar-refractivity contribution in [2.24, 2.45) is 0 Å². The maximum absolute atomic E-state index is 0. The molecule has 0 aliphatic heterocycles. The summed E-state index contributed by atoms with van der Waals surface area (Å²) in [6.07, 6.45) is 0. The van der Waals surface area contributed by atoms with E-state index in [0.717, 1.165) is 0 Å². The third kappa shape index (κ3) is 9.41. The predicted molar refractivity (Wildman–Crippen MR) is 12.7 cm³/mol. The van der Waals surface area contributed by atoms with Crippen LogP contribution in [0.4, 0.5) is 0 Å². The van der Waals surface area contributed by atoms with Gasteiger partial charge in [-0.1, -0.05) is 0 Å². The van der Waals surface area contributed by atoms with Crippen molar-refractivity contribution in [3.05, 3.63) is 0 Å². The van der Waals surface area contributed by atoms with E-state index < -0.39 is 0 Å². The molecule has 25 valence electrons. The standard InChI is InChI=1S/B.Ni.P.Re. The summed E-state index contributed by atoms with van der Waals surface area (Å²) in [5.74, 6) is 0. The van der Waals surface area contributed by atoms with E-state index in [0.29, 0.717) is 0 Å². The Bertz CT molecular complexity index is 8.00. The van der Waals surface area contributed by atoms with Crippen LogP contribution in [0, 0.1) is 0 Å². The molecule has 0 saturated carbocycles. The van der Waals surface area contributed by atoms with Gasteiger partial charge in [0.25, 0.3) is 0 Å². The molecule has 0 aliphatic carbocycles. The SMILES string of the molecule is [B].[Ni].[P].[Re]. The van der Waals surface area contributed by atoms with Crippen LogP contribution in [0.3, 0.4) is 0 Å². The van der Waals surface area contributed by atoms with Gasteiger partial charge in [0.2, 0.25) is 0 Å². The van der Waals surface area contributed by atoms with Crippen molar-refractivity contribution in [2.45, 2.75) is 0 Å². The van der Waals surface area contributed by atoms with Gasteiger partial charge in [-0.05, 0) is 0 Å². The van der Waals surface area contributed by atoms with Crippen molar-refractivity contribution in [2.75, 3.05) is 0 Å². The molecule has 0 amide bonds. The molecular weight excluding hydrogens is 287 g/mol. The van der Waals surface area contributed by atoms with Gasteiger partial charge in [-0.25, -0.2) is 0 Å². The normalized spacial score (nSPS) is 0. The topological polar surface area (TPSA) is 0 Å². The summed E-state index contributed by atoms with van der Waals surface area (Å²) in [6.45, 7) is 0. The molecule has 0 saturated heterocycles. The van der Waals surface area contributed by atoms with E-state index in [1.807, 2.05) is 0 Å². The molecule has 0 aromatic carbocycles. The van der Waals surface area contributed by atoms with Crippen LogP contribution in [-0.2, 0) is 36.9 Å². The Labute approximate surface area is 55.3 Å². The molecule has 7 radical (unpaired) electrons. The molecule has 0 spiro atoms. The molecule has 0 atom stereocenters. The van der Waals surface area contributed by atoms with Gasteiger partial charge >= 0.3 is 0 Å². The smallest absolute Gasteiger partial charge is 0 e. The average molecular weight is 287 g/mol. The first-order chi connectivity index (χ1) is 0. The van der Waals surface area contributed by atoms with E-state index in [-0.39, 0.29) is 55.2 Å². The van der Waals surface area contributed by atoms with E-state index in [1.165, 1.54) is 0 Å². The van der Waals surface area contributed by atoms with E-state index in [1.54, 1.807) is 0 Å². The van der Waals surface area contributed by atoms with Crippen LogP contribution in [0.5, 0.6) is 0 Å². The minimum absolute atomic E-state index is 0. The molecule has 0 unspecified atom stereocenters. The molecule has 4 heavy (non-hydrogen) atoms. The fraction of sp³-hybridized carbons (Fsp3) is 0. The van der Waals surface area contributed by atoms with Crippen LogP contribution in [0.15, 0.2) is 0 Å². The van der Waals surface area contributed by atoms with Crippen molar-refractivity contribution in [3.8, 4) is 0 Å². The van der Waals surface area contributed by atoms with E-state index in [2.05, 4.69) is 0 Å². The quantitative estimate of drug-likeness (QED) is 0.449. The summed E-state index contributed by atoms with van der Waals surface area (Å²) in [7, 11) is 0. The summed E-state index contributed by atoms with van der Waals surface area (Å²) in [4.78, 5) is 0. The first kappa shape index (κ1) is 44.9. The summed E-state index contributed by atoms with van der Waals surface area (Å²) in [5.41, 5.74) is 0. The second kappa shape index (κ2) is 22.7. The zero-order valence-corrected chi connectivity index (χ0v) is 6.32. The molecule has 0 aliphatic rings. The van der Waals surface area contributed by atoms with Crippen molar-refractivity contribution in [1.82, 2.24) is 0 Å². The third-order valence-corrected chi connectivity index (χ3v) is 0. The van der Waals surface area contributed by atoms with Gasteiger partial charge in [-0.2, -0.15) is 0 Å². The number of rotatable bonds is 0. The summed E-state index contributed by atoms with van der Waals surface area (Å²) >= 11 is 0. The minimum atomic E-state index is 0. The van der Waals surface area contributed by atoms with Gasteiger partial charge in [0, 0.05) is 55.2 Å². The second-order valence-corrected chi connectivity index (χ2v) is 0. The summed E-state index contributed by atoms with van der Waals surface area (Å²) in [6, 6.07) is 0. The molecule has 0 bridgehead atoms. The van der Waals surface area contributed by atoms with Crippen molar-refractivity contribution < 1.29 is 36.9 Å². The third-order valence-electron chi connectivity index (χ3n) is 0. The first-order valence-electron chi connectivity index (χ1n) is 0. The largest absolute Gasteiger partial charge is 0 e. The van der Waals surface area contributed by atoms with Crippen LogP contribution in [0.1, 0.15) is 0 Å². The van der Waals surface area contributed by atoms with Crippen molar-refractivity contribution >= 4 is 18.3 Å². The molecule has 0 N–H and O–H groups in total. The Morgan fingerprint density at radius 1 is 1.00 bits per heavy atom. The second-order valence-electron chi connectivity index (χ2n) is 0. The van der Waals surface area contributed by atoms with Gasteiger partial charge < -0.3 is 0 Å². The Balaban J connectivity index is 0. The molecule has 0 aromatic heterocycles. The summed E-state index contributed by atoms with van der Waals surface area (Å²) in [5, 5.41) is 0. The van der Waals surface area contributed by atoms with E-state index in [9.17, 15) is 0 Å². The minimum Gasteiger partial charge on any atom is 0 e.